The van der Waals surface area contributed by atoms with Gasteiger partial charge in [-0.3, -0.25) is 4.79 Å². The van der Waals surface area contributed by atoms with Crippen LogP contribution >= 0.6 is 0 Å². The molecule has 2 aromatic rings. The van der Waals surface area contributed by atoms with Crippen LogP contribution in [0.15, 0.2) is 42.5 Å². The minimum atomic E-state index is -4.74. The number of alkyl halides is 3. The van der Waals surface area contributed by atoms with E-state index < -0.39 is 29.5 Å². The number of hydrogen-bond acceptors (Lipinski definition) is 5. The summed E-state index contributed by atoms with van der Waals surface area (Å²) in [6.45, 7) is 0.0493. The van der Waals surface area contributed by atoms with Gasteiger partial charge in [-0.2, -0.15) is 13.2 Å². The number of benzene rings is 2. The van der Waals surface area contributed by atoms with Gasteiger partial charge in [-0.05, 0) is 48.9 Å². The minimum absolute atomic E-state index is 0.166. The van der Waals surface area contributed by atoms with Gasteiger partial charge in [-0.1, -0.05) is 12.1 Å². The molecule has 0 aliphatic rings. The van der Waals surface area contributed by atoms with Crippen molar-refractivity contribution < 1.29 is 36.6 Å². The Morgan fingerprint density at radius 1 is 1.11 bits per heavy atom. The SMILES string of the molecule is COC(=O)c1cccc(OC(=O)CNCCc2ccc(C(F)(F)F)c(F)c2)c1. The fourth-order valence-corrected chi connectivity index (χ4v) is 2.34. The molecule has 0 atom stereocenters. The summed E-state index contributed by atoms with van der Waals surface area (Å²) in [5.74, 6) is -2.37. The third-order valence-electron chi connectivity index (χ3n) is 3.69. The number of ether oxygens (including phenoxy) is 2. The van der Waals surface area contributed by atoms with Crippen molar-refractivity contribution in [2.45, 2.75) is 12.6 Å². The van der Waals surface area contributed by atoms with Crippen LogP contribution in [-0.2, 0) is 22.1 Å². The summed E-state index contributed by atoms with van der Waals surface area (Å²) in [7, 11) is 1.23. The number of rotatable bonds is 7. The van der Waals surface area contributed by atoms with E-state index in [0.29, 0.717) is 11.6 Å². The van der Waals surface area contributed by atoms with Gasteiger partial charge in [0, 0.05) is 0 Å². The lowest BCUT2D eigenvalue weighted by Gasteiger charge is -2.10. The molecule has 28 heavy (non-hydrogen) atoms. The molecular weight excluding hydrogens is 382 g/mol. The number of nitrogens with one attached hydrogen (secondary N) is 1. The predicted octanol–water partition coefficient (Wildman–Crippen LogP) is 3.37. The van der Waals surface area contributed by atoms with E-state index in [-0.39, 0.29) is 30.8 Å². The summed E-state index contributed by atoms with van der Waals surface area (Å²) >= 11 is 0. The standard InChI is InChI=1S/C19H17F4NO4/c1-27-18(26)13-3-2-4-14(10-13)28-17(25)11-24-8-7-12-5-6-15(16(20)9-12)19(21,22)23/h2-6,9-10,24H,7-8,11H2,1H3. The van der Waals surface area contributed by atoms with Gasteiger partial charge in [-0.15, -0.1) is 0 Å². The van der Waals surface area contributed by atoms with Crippen molar-refractivity contribution in [2.75, 3.05) is 20.2 Å². The molecule has 0 aromatic heterocycles. The van der Waals surface area contributed by atoms with E-state index in [1.54, 1.807) is 0 Å². The van der Waals surface area contributed by atoms with Crippen LogP contribution in [0.25, 0.3) is 0 Å². The molecule has 0 heterocycles. The number of carbonyl (C=O) groups excluding carboxylic acids is 2. The lowest BCUT2D eigenvalue weighted by molar-refractivity contribution is -0.140. The molecule has 2 rings (SSSR count). The van der Waals surface area contributed by atoms with Gasteiger partial charge in [0.05, 0.1) is 24.8 Å². The quantitative estimate of drug-likeness (QED) is 0.335. The van der Waals surface area contributed by atoms with Crippen LogP contribution in [-0.4, -0.2) is 32.1 Å². The molecule has 0 fully saturated rings. The number of halogens is 4. The zero-order valence-electron chi connectivity index (χ0n) is 14.8. The molecule has 0 saturated carbocycles. The summed E-state index contributed by atoms with van der Waals surface area (Å²) in [5, 5.41) is 2.76. The zero-order valence-corrected chi connectivity index (χ0v) is 14.8. The van der Waals surface area contributed by atoms with Crippen LogP contribution in [0, 0.1) is 5.82 Å². The van der Waals surface area contributed by atoms with Crippen molar-refractivity contribution in [3.63, 3.8) is 0 Å². The van der Waals surface area contributed by atoms with Crippen LogP contribution in [0.5, 0.6) is 5.75 Å². The minimum Gasteiger partial charge on any atom is -0.465 e. The molecule has 5 nitrogen and oxygen atoms in total. The molecule has 9 heteroatoms. The maximum absolute atomic E-state index is 13.5. The van der Waals surface area contributed by atoms with Gasteiger partial charge in [0.25, 0.3) is 0 Å². The first-order valence-corrected chi connectivity index (χ1v) is 8.16. The summed E-state index contributed by atoms with van der Waals surface area (Å²) in [6.07, 6.45) is -4.52. The molecule has 0 saturated heterocycles. The van der Waals surface area contributed by atoms with Crippen molar-refractivity contribution in [3.05, 3.63) is 65.0 Å². The Kier molecular flexibility index (Phi) is 7.11. The highest BCUT2D eigenvalue weighted by molar-refractivity contribution is 5.90. The van der Waals surface area contributed by atoms with E-state index in [1.165, 1.54) is 37.4 Å². The molecule has 0 aliphatic heterocycles. The molecular formula is C19H17F4NO4. The lowest BCUT2D eigenvalue weighted by atomic mass is 10.1. The van der Waals surface area contributed by atoms with Gasteiger partial charge in [-0.25, -0.2) is 9.18 Å². The molecule has 2 aromatic carbocycles. The van der Waals surface area contributed by atoms with Crippen molar-refractivity contribution >= 4 is 11.9 Å². The van der Waals surface area contributed by atoms with Crippen molar-refractivity contribution in [1.82, 2.24) is 5.32 Å². The number of hydrogen-bond donors (Lipinski definition) is 1. The molecule has 0 amide bonds. The number of methoxy groups -OCH3 is 1. The van der Waals surface area contributed by atoms with Crippen LogP contribution in [0.3, 0.4) is 0 Å². The Labute approximate surface area is 158 Å². The monoisotopic (exact) mass is 399 g/mol. The van der Waals surface area contributed by atoms with E-state index in [4.69, 9.17) is 4.74 Å². The topological polar surface area (TPSA) is 64.6 Å². The first kappa shape index (κ1) is 21.4. The summed E-state index contributed by atoms with van der Waals surface area (Å²) in [5.41, 5.74) is -0.732. The van der Waals surface area contributed by atoms with E-state index >= 15 is 0 Å². The predicted molar refractivity (Wildman–Crippen MR) is 91.4 cm³/mol. The van der Waals surface area contributed by atoms with Gasteiger partial charge in [0.15, 0.2) is 0 Å². The third kappa shape index (κ3) is 6.05. The van der Waals surface area contributed by atoms with Gasteiger partial charge < -0.3 is 14.8 Å². The van der Waals surface area contributed by atoms with Gasteiger partial charge >= 0.3 is 18.1 Å². The lowest BCUT2D eigenvalue weighted by Crippen LogP contribution is -2.28. The fourth-order valence-electron chi connectivity index (χ4n) is 2.34. The van der Waals surface area contributed by atoms with E-state index in [1.807, 2.05) is 0 Å². The van der Waals surface area contributed by atoms with Gasteiger partial charge in [0.2, 0.25) is 0 Å². The molecule has 0 radical (unpaired) electrons. The van der Waals surface area contributed by atoms with Crippen LogP contribution in [0.2, 0.25) is 0 Å². The maximum Gasteiger partial charge on any atom is 0.419 e. The Bertz CT molecular complexity index is 852. The molecule has 0 unspecified atom stereocenters. The van der Waals surface area contributed by atoms with E-state index in [0.717, 1.165) is 6.07 Å². The maximum atomic E-state index is 13.5. The Morgan fingerprint density at radius 2 is 1.86 bits per heavy atom. The van der Waals surface area contributed by atoms with Crippen LogP contribution in [0.4, 0.5) is 17.6 Å². The molecule has 150 valence electrons. The first-order valence-electron chi connectivity index (χ1n) is 8.16. The highest BCUT2D eigenvalue weighted by Gasteiger charge is 2.33. The second-order valence-electron chi connectivity index (χ2n) is 5.73. The molecule has 0 spiro atoms. The summed E-state index contributed by atoms with van der Waals surface area (Å²) < 4.78 is 60.7. The normalized spacial score (nSPS) is 11.2. The summed E-state index contributed by atoms with van der Waals surface area (Å²) in [4.78, 5) is 23.2. The second kappa shape index (κ2) is 9.32. The summed E-state index contributed by atoms with van der Waals surface area (Å²) in [6, 6.07) is 8.58. The number of esters is 2. The van der Waals surface area contributed by atoms with Crippen molar-refractivity contribution in [2.24, 2.45) is 0 Å². The fraction of sp³-hybridized carbons (Fsp3) is 0.263. The van der Waals surface area contributed by atoms with E-state index in [2.05, 4.69) is 10.1 Å². The van der Waals surface area contributed by atoms with Gasteiger partial charge in [0.1, 0.15) is 11.6 Å². The van der Waals surface area contributed by atoms with Crippen LogP contribution < -0.4 is 10.1 Å². The van der Waals surface area contributed by atoms with E-state index in [9.17, 15) is 27.2 Å². The Balaban J connectivity index is 1.80. The average molecular weight is 399 g/mol. The Morgan fingerprint density at radius 3 is 2.50 bits per heavy atom. The highest BCUT2D eigenvalue weighted by atomic mass is 19.4. The molecule has 1 N–H and O–H groups in total. The number of carbonyl (C=O) groups is 2. The second-order valence-corrected chi connectivity index (χ2v) is 5.73. The largest absolute Gasteiger partial charge is 0.465 e. The molecule has 0 bridgehead atoms. The highest BCUT2D eigenvalue weighted by Crippen LogP contribution is 2.31. The average Bonchev–Trinajstić information content (AvgIpc) is 2.64. The zero-order chi connectivity index (χ0) is 20.7. The van der Waals surface area contributed by atoms with Crippen molar-refractivity contribution in [3.8, 4) is 5.75 Å². The molecule has 0 aliphatic carbocycles. The smallest absolute Gasteiger partial charge is 0.419 e. The van der Waals surface area contributed by atoms with Crippen molar-refractivity contribution in [1.29, 1.82) is 0 Å². The third-order valence-corrected chi connectivity index (χ3v) is 3.69. The first-order chi connectivity index (χ1) is 13.2. The Hall–Kier alpha value is -2.94. The van der Waals surface area contributed by atoms with Crippen LogP contribution in [0.1, 0.15) is 21.5 Å².